The van der Waals surface area contributed by atoms with E-state index in [1.54, 1.807) is 36.4 Å². The van der Waals surface area contributed by atoms with Gasteiger partial charge in [0.1, 0.15) is 11.8 Å². The van der Waals surface area contributed by atoms with Crippen molar-refractivity contribution in [1.29, 1.82) is 0 Å². The number of Topliss-reactive ketones (excluding diaryl/α,β-unsaturated/α-hetero) is 1. The summed E-state index contributed by atoms with van der Waals surface area (Å²) in [5.41, 5.74) is 1.54. The summed E-state index contributed by atoms with van der Waals surface area (Å²) in [6.07, 6.45) is -3.20. The highest BCUT2D eigenvalue weighted by molar-refractivity contribution is 6.36. The van der Waals surface area contributed by atoms with Crippen LogP contribution in [0.4, 0.5) is 30.8 Å². The van der Waals surface area contributed by atoms with Crippen LogP contribution in [0.5, 0.6) is 11.8 Å². The SMILES string of the molecule is COc1cccc(CCC(=O)C(=O)NCC[C@H](NC(=O)c2ccc(Nc3nc(NC4(c5ccc(Cl)cc5)CC4)nc(OCC(F)(F)F)n3)cc2)C(=O)O)c1. The van der Waals surface area contributed by atoms with Crippen molar-refractivity contribution in [2.45, 2.75) is 49.9 Å². The second-order valence-electron chi connectivity index (χ2n) is 12.3. The molecule has 14 nitrogen and oxygen atoms in total. The Morgan fingerprint density at radius 3 is 2.31 bits per heavy atom. The number of carbonyl (C=O) groups is 4. The normalized spacial score (nSPS) is 13.6. The number of aromatic nitrogens is 3. The van der Waals surface area contributed by atoms with Gasteiger partial charge < -0.3 is 35.8 Å². The van der Waals surface area contributed by atoms with Crippen molar-refractivity contribution < 1.29 is 46.9 Å². The number of amides is 2. The number of aliphatic carboxylic acids is 1. The number of benzene rings is 3. The molecule has 1 aliphatic rings. The number of carbonyl (C=O) groups excluding carboxylic acids is 3. The van der Waals surface area contributed by atoms with Gasteiger partial charge in [0.2, 0.25) is 17.7 Å². The van der Waals surface area contributed by atoms with E-state index in [4.69, 9.17) is 21.1 Å². The first kappa shape index (κ1) is 39.2. The predicted octanol–water partition coefficient (Wildman–Crippen LogP) is 5.21. The molecule has 1 aromatic heterocycles. The Morgan fingerprint density at radius 1 is 0.963 bits per heavy atom. The number of rotatable bonds is 18. The van der Waals surface area contributed by atoms with Gasteiger partial charge in [-0.25, -0.2) is 4.79 Å². The van der Waals surface area contributed by atoms with Crippen LogP contribution in [0.3, 0.4) is 0 Å². The Bertz CT molecular complexity index is 1980. The number of hydrogen-bond donors (Lipinski definition) is 5. The molecule has 0 unspecified atom stereocenters. The summed E-state index contributed by atoms with van der Waals surface area (Å²) in [5, 5.41) is 21.0. The summed E-state index contributed by atoms with van der Waals surface area (Å²) < 4.78 is 48.8. The van der Waals surface area contributed by atoms with E-state index < -0.39 is 53.9 Å². The Morgan fingerprint density at radius 2 is 1.67 bits per heavy atom. The summed E-state index contributed by atoms with van der Waals surface area (Å²) in [6.45, 7) is -1.82. The minimum absolute atomic E-state index is 0.0402. The van der Waals surface area contributed by atoms with Crippen molar-refractivity contribution in [1.82, 2.24) is 25.6 Å². The van der Waals surface area contributed by atoms with Gasteiger partial charge >= 0.3 is 18.2 Å². The maximum Gasteiger partial charge on any atom is 0.422 e. The van der Waals surface area contributed by atoms with Gasteiger partial charge in [-0.05, 0) is 85.3 Å². The van der Waals surface area contributed by atoms with Crippen LogP contribution in [0.1, 0.15) is 47.2 Å². The third-order valence-electron chi connectivity index (χ3n) is 8.23. The first-order chi connectivity index (χ1) is 25.7. The fourth-order valence-corrected chi connectivity index (χ4v) is 5.36. The van der Waals surface area contributed by atoms with Gasteiger partial charge in [-0.2, -0.15) is 28.1 Å². The van der Waals surface area contributed by atoms with E-state index in [0.717, 1.165) is 11.1 Å². The fraction of sp³-hybridized carbons (Fsp3) is 0.306. The van der Waals surface area contributed by atoms with Crippen molar-refractivity contribution in [3.8, 4) is 11.8 Å². The van der Waals surface area contributed by atoms with E-state index in [9.17, 15) is 37.5 Å². The molecule has 0 radical (unpaired) electrons. The van der Waals surface area contributed by atoms with Crippen LogP contribution >= 0.6 is 11.6 Å². The molecule has 3 aromatic carbocycles. The van der Waals surface area contributed by atoms with Gasteiger partial charge in [0.25, 0.3) is 11.8 Å². The molecule has 0 spiro atoms. The third kappa shape index (κ3) is 11.3. The summed E-state index contributed by atoms with van der Waals surface area (Å²) >= 11 is 6.02. The number of aryl methyl sites for hydroxylation is 1. The predicted molar refractivity (Wildman–Crippen MR) is 190 cm³/mol. The molecule has 4 aromatic rings. The highest BCUT2D eigenvalue weighted by Gasteiger charge is 2.45. The van der Waals surface area contributed by atoms with Crippen LogP contribution in [-0.2, 0) is 26.3 Å². The number of hydrogen-bond acceptors (Lipinski definition) is 11. The van der Waals surface area contributed by atoms with E-state index in [1.807, 2.05) is 12.1 Å². The molecule has 54 heavy (non-hydrogen) atoms. The highest BCUT2D eigenvalue weighted by atomic mass is 35.5. The molecule has 1 heterocycles. The van der Waals surface area contributed by atoms with E-state index in [2.05, 4.69) is 36.2 Å². The molecule has 1 fully saturated rings. The first-order valence-electron chi connectivity index (χ1n) is 16.6. The monoisotopic (exact) mass is 769 g/mol. The molecule has 5 N–H and O–H groups in total. The number of ether oxygens (including phenoxy) is 2. The van der Waals surface area contributed by atoms with Crippen molar-refractivity contribution in [2.75, 3.05) is 30.9 Å². The van der Waals surface area contributed by atoms with Gasteiger partial charge in [0.05, 0.1) is 12.6 Å². The second-order valence-corrected chi connectivity index (χ2v) is 12.7. The maximum atomic E-state index is 12.9. The van der Waals surface area contributed by atoms with Gasteiger partial charge in [-0.3, -0.25) is 14.4 Å². The maximum absolute atomic E-state index is 12.9. The zero-order valence-corrected chi connectivity index (χ0v) is 29.5. The molecule has 0 saturated heterocycles. The average Bonchev–Trinajstić information content (AvgIpc) is 3.92. The number of nitrogens with one attached hydrogen (secondary N) is 4. The highest BCUT2D eigenvalue weighted by Crippen LogP contribution is 2.48. The van der Waals surface area contributed by atoms with E-state index in [1.165, 1.54) is 31.4 Å². The lowest BCUT2D eigenvalue weighted by molar-refractivity contribution is -0.154. The Labute approximate surface area is 311 Å². The molecule has 1 atom stereocenters. The van der Waals surface area contributed by atoms with Crippen LogP contribution in [0.25, 0.3) is 0 Å². The number of ketones is 1. The van der Waals surface area contributed by atoms with Gasteiger partial charge in [0, 0.05) is 29.2 Å². The number of nitrogens with zero attached hydrogens (tertiary/aromatic N) is 3. The average molecular weight is 770 g/mol. The van der Waals surface area contributed by atoms with Crippen LogP contribution in [-0.4, -0.2) is 76.1 Å². The van der Waals surface area contributed by atoms with E-state index in [-0.39, 0.29) is 36.8 Å². The lowest BCUT2D eigenvalue weighted by Gasteiger charge is -2.19. The zero-order chi connectivity index (χ0) is 38.9. The zero-order valence-electron chi connectivity index (χ0n) is 28.7. The summed E-state index contributed by atoms with van der Waals surface area (Å²) in [7, 11) is 1.52. The van der Waals surface area contributed by atoms with Crippen molar-refractivity contribution in [3.63, 3.8) is 0 Å². The summed E-state index contributed by atoms with van der Waals surface area (Å²) in [6, 6.07) is 17.8. The van der Waals surface area contributed by atoms with Crippen LogP contribution in [0, 0.1) is 0 Å². The number of halogens is 4. The third-order valence-corrected chi connectivity index (χ3v) is 8.48. The van der Waals surface area contributed by atoms with Crippen LogP contribution in [0.2, 0.25) is 5.02 Å². The number of carboxylic acid groups (broad SMARTS) is 1. The molecule has 0 aliphatic heterocycles. The first-order valence-corrected chi connectivity index (χ1v) is 16.9. The second kappa shape index (κ2) is 17.2. The fourth-order valence-electron chi connectivity index (χ4n) is 5.23. The van der Waals surface area contributed by atoms with Crippen LogP contribution < -0.4 is 30.7 Å². The summed E-state index contributed by atoms with van der Waals surface area (Å²) in [4.78, 5) is 61.7. The molecule has 1 saturated carbocycles. The number of carboxylic acids is 1. The quantitative estimate of drug-likeness (QED) is 0.0831. The smallest absolute Gasteiger partial charge is 0.422 e. The Hall–Kier alpha value is -5.97. The molecule has 0 bridgehead atoms. The van der Waals surface area contributed by atoms with Crippen molar-refractivity contribution in [2.24, 2.45) is 0 Å². The molecule has 284 valence electrons. The Kier molecular flexibility index (Phi) is 12.5. The molecule has 18 heteroatoms. The molecular weight excluding hydrogens is 735 g/mol. The number of anilines is 3. The topological polar surface area (TPSA) is 194 Å². The lowest BCUT2D eigenvalue weighted by atomic mass is 10.1. The standard InChI is InChI=1S/C36H35ClF3N7O7/c1-53-26-4-2-3-21(19-26)5-14-28(48)30(50)41-18-15-27(31(51)52)43-29(49)22-6-12-25(13-7-22)42-32-44-33(46-34(45-32)54-20-36(38,39)40)47-35(16-17-35)23-8-10-24(37)11-9-23/h2-4,6-13,19,27H,5,14-18,20H2,1H3,(H,41,50)(H,43,49)(H,51,52)(H2,42,44,45,46,47)/t27-/m0/s1. The minimum Gasteiger partial charge on any atom is -0.497 e. The molecular formula is C36H35ClF3N7O7. The van der Waals surface area contributed by atoms with Crippen LogP contribution in [0.15, 0.2) is 72.8 Å². The van der Waals surface area contributed by atoms with Gasteiger partial charge in [-0.1, -0.05) is 35.9 Å². The summed E-state index contributed by atoms with van der Waals surface area (Å²) in [5.74, 6) is -3.21. The Balaban J connectivity index is 1.17. The molecule has 5 rings (SSSR count). The lowest BCUT2D eigenvalue weighted by Crippen LogP contribution is -2.43. The number of methoxy groups -OCH3 is 1. The van der Waals surface area contributed by atoms with Crippen molar-refractivity contribution >= 4 is 52.8 Å². The largest absolute Gasteiger partial charge is 0.497 e. The number of alkyl halides is 3. The minimum atomic E-state index is -4.64. The van der Waals surface area contributed by atoms with Gasteiger partial charge in [0.15, 0.2) is 6.61 Å². The van der Waals surface area contributed by atoms with E-state index >= 15 is 0 Å². The molecule has 1 aliphatic carbocycles. The van der Waals surface area contributed by atoms with E-state index in [0.29, 0.717) is 35.7 Å². The molecule has 2 amide bonds. The van der Waals surface area contributed by atoms with Gasteiger partial charge in [-0.15, -0.1) is 0 Å². The van der Waals surface area contributed by atoms with Crippen molar-refractivity contribution in [3.05, 3.63) is 94.5 Å².